The Balaban J connectivity index is 1.42. The first-order valence-electron chi connectivity index (χ1n) is 9.25. The molecule has 5 N–H and O–H groups in total. The molecule has 0 saturated carbocycles. The standard InChI is InChI=1S/C20H21F2N5OS/c1-10-2-3-13-17(24)18(29-20(13)26-10)19(28)25-5-4-11-6-15(22)16(7-14(11)21)27-8-12(23)9-27/h2-3,6-7,12H,4-5,8-9,23-24H2,1H3,(H,25,28). The number of pyridine rings is 1. The lowest BCUT2D eigenvalue weighted by atomic mass is 10.1. The molecule has 4 rings (SSSR count). The van der Waals surface area contributed by atoms with Crippen molar-refractivity contribution in [2.24, 2.45) is 5.73 Å². The number of hydrogen-bond donors (Lipinski definition) is 3. The average Bonchev–Trinajstić information content (AvgIpc) is 2.97. The highest BCUT2D eigenvalue weighted by atomic mass is 32.1. The van der Waals surface area contributed by atoms with Gasteiger partial charge in [0.1, 0.15) is 21.3 Å². The summed E-state index contributed by atoms with van der Waals surface area (Å²) in [6.45, 7) is 3.04. The predicted molar refractivity (Wildman–Crippen MR) is 111 cm³/mol. The number of amides is 1. The van der Waals surface area contributed by atoms with Gasteiger partial charge in [-0.3, -0.25) is 4.79 Å². The van der Waals surface area contributed by atoms with E-state index in [-0.39, 0.29) is 36.2 Å². The van der Waals surface area contributed by atoms with Gasteiger partial charge < -0.3 is 21.7 Å². The van der Waals surface area contributed by atoms with Crippen LogP contribution in [0.1, 0.15) is 20.9 Å². The summed E-state index contributed by atoms with van der Waals surface area (Å²) in [7, 11) is 0. The van der Waals surface area contributed by atoms with Crippen LogP contribution in [0.4, 0.5) is 20.2 Å². The number of anilines is 2. The van der Waals surface area contributed by atoms with E-state index in [0.29, 0.717) is 28.5 Å². The summed E-state index contributed by atoms with van der Waals surface area (Å²) >= 11 is 1.21. The Morgan fingerprint density at radius 3 is 2.79 bits per heavy atom. The molecule has 0 spiro atoms. The monoisotopic (exact) mass is 417 g/mol. The molecular weight excluding hydrogens is 396 g/mol. The number of aromatic nitrogens is 1. The van der Waals surface area contributed by atoms with Crippen LogP contribution in [0.5, 0.6) is 0 Å². The molecule has 1 saturated heterocycles. The van der Waals surface area contributed by atoms with E-state index >= 15 is 0 Å². The quantitative estimate of drug-likeness (QED) is 0.593. The lowest BCUT2D eigenvalue weighted by Gasteiger charge is -2.39. The summed E-state index contributed by atoms with van der Waals surface area (Å²) in [5, 5.41) is 3.46. The molecule has 9 heteroatoms. The zero-order chi connectivity index (χ0) is 20.7. The molecular formula is C20H21F2N5OS. The fraction of sp³-hybridized carbons (Fsp3) is 0.300. The normalized spacial score (nSPS) is 14.3. The fourth-order valence-electron chi connectivity index (χ4n) is 3.37. The van der Waals surface area contributed by atoms with Gasteiger partial charge in [0.05, 0.1) is 11.4 Å². The van der Waals surface area contributed by atoms with Crippen LogP contribution in [0.25, 0.3) is 10.2 Å². The highest BCUT2D eigenvalue weighted by Gasteiger charge is 2.26. The number of hydrogen-bond acceptors (Lipinski definition) is 6. The van der Waals surface area contributed by atoms with Crippen LogP contribution in [0.15, 0.2) is 24.3 Å². The topological polar surface area (TPSA) is 97.3 Å². The van der Waals surface area contributed by atoms with E-state index in [1.807, 2.05) is 19.1 Å². The third kappa shape index (κ3) is 3.75. The lowest BCUT2D eigenvalue weighted by Crippen LogP contribution is -2.56. The van der Waals surface area contributed by atoms with E-state index in [1.54, 1.807) is 4.90 Å². The third-order valence-corrected chi connectivity index (χ3v) is 6.10. The number of carbonyl (C=O) groups excluding carboxylic acids is 1. The van der Waals surface area contributed by atoms with Gasteiger partial charge >= 0.3 is 0 Å². The molecule has 3 aromatic rings. The largest absolute Gasteiger partial charge is 0.397 e. The third-order valence-electron chi connectivity index (χ3n) is 4.99. The zero-order valence-corrected chi connectivity index (χ0v) is 16.7. The van der Waals surface area contributed by atoms with Crippen molar-refractivity contribution < 1.29 is 13.6 Å². The van der Waals surface area contributed by atoms with Crippen molar-refractivity contribution in [1.29, 1.82) is 0 Å². The van der Waals surface area contributed by atoms with Gasteiger partial charge in [-0.2, -0.15) is 0 Å². The Hall–Kier alpha value is -2.78. The molecule has 2 aromatic heterocycles. The Kier molecular flexibility index (Phi) is 5.10. The highest BCUT2D eigenvalue weighted by molar-refractivity contribution is 7.21. The summed E-state index contributed by atoms with van der Waals surface area (Å²) in [5.74, 6) is -1.35. The second kappa shape index (κ2) is 7.57. The molecule has 1 amide bonds. The number of nitrogen functional groups attached to an aromatic ring is 1. The lowest BCUT2D eigenvalue weighted by molar-refractivity contribution is 0.0959. The molecule has 29 heavy (non-hydrogen) atoms. The summed E-state index contributed by atoms with van der Waals surface area (Å²) in [6.07, 6.45) is 0.163. The number of nitrogens with zero attached hydrogens (tertiary/aromatic N) is 2. The number of nitrogens with two attached hydrogens (primary N) is 2. The first-order valence-corrected chi connectivity index (χ1v) is 10.1. The first kappa shape index (κ1) is 19.5. The zero-order valence-electron chi connectivity index (χ0n) is 15.8. The van der Waals surface area contributed by atoms with Crippen LogP contribution in [-0.2, 0) is 6.42 Å². The smallest absolute Gasteiger partial charge is 0.263 e. The summed E-state index contributed by atoms with van der Waals surface area (Å²) in [4.78, 5) is 19.6. The van der Waals surface area contributed by atoms with Crippen LogP contribution in [-0.4, -0.2) is 36.6 Å². The maximum absolute atomic E-state index is 14.4. The molecule has 1 aliphatic heterocycles. The Labute approximate surface area is 170 Å². The first-order chi connectivity index (χ1) is 13.8. The molecule has 1 aromatic carbocycles. The second-order valence-electron chi connectivity index (χ2n) is 7.22. The van der Waals surface area contributed by atoms with Gasteiger partial charge in [-0.05, 0) is 37.1 Å². The van der Waals surface area contributed by atoms with E-state index in [4.69, 9.17) is 11.5 Å². The van der Waals surface area contributed by atoms with E-state index in [9.17, 15) is 13.6 Å². The van der Waals surface area contributed by atoms with E-state index in [1.165, 1.54) is 23.5 Å². The number of aryl methyl sites for hydroxylation is 1. The Morgan fingerprint density at radius 1 is 1.31 bits per heavy atom. The number of thiophene rings is 1. The molecule has 6 nitrogen and oxygen atoms in total. The number of rotatable bonds is 5. The predicted octanol–water partition coefficient (Wildman–Crippen LogP) is 2.58. The molecule has 0 radical (unpaired) electrons. The molecule has 0 aliphatic carbocycles. The van der Waals surface area contributed by atoms with Crippen LogP contribution >= 0.6 is 11.3 Å². The minimum absolute atomic E-state index is 0.00667. The van der Waals surface area contributed by atoms with Crippen molar-refractivity contribution in [1.82, 2.24) is 10.3 Å². The average molecular weight is 417 g/mol. The molecule has 0 bridgehead atoms. The number of benzene rings is 1. The van der Waals surface area contributed by atoms with Gasteiger partial charge in [-0.1, -0.05) is 0 Å². The minimum Gasteiger partial charge on any atom is -0.397 e. The summed E-state index contributed by atoms with van der Waals surface area (Å²) in [5.41, 5.74) is 13.4. The van der Waals surface area contributed by atoms with Gasteiger partial charge in [0.2, 0.25) is 0 Å². The Morgan fingerprint density at radius 2 is 2.07 bits per heavy atom. The van der Waals surface area contributed by atoms with Crippen molar-refractivity contribution in [3.05, 3.63) is 52.0 Å². The van der Waals surface area contributed by atoms with Crippen molar-refractivity contribution in [2.45, 2.75) is 19.4 Å². The summed E-state index contributed by atoms with van der Waals surface area (Å²) in [6, 6.07) is 6.04. The summed E-state index contributed by atoms with van der Waals surface area (Å²) < 4.78 is 28.7. The molecule has 0 unspecified atom stereocenters. The number of carbonyl (C=O) groups is 1. The van der Waals surface area contributed by atoms with E-state index < -0.39 is 11.6 Å². The fourth-order valence-corrected chi connectivity index (χ4v) is 4.43. The SMILES string of the molecule is Cc1ccc2c(N)c(C(=O)NCCc3cc(F)c(N4CC(N)C4)cc3F)sc2n1. The van der Waals surface area contributed by atoms with Gasteiger partial charge in [0, 0.05) is 42.8 Å². The van der Waals surface area contributed by atoms with Gasteiger partial charge in [-0.15, -0.1) is 11.3 Å². The molecule has 0 atom stereocenters. The molecule has 152 valence electrons. The maximum atomic E-state index is 14.4. The van der Waals surface area contributed by atoms with Crippen molar-refractivity contribution in [3.8, 4) is 0 Å². The van der Waals surface area contributed by atoms with E-state index in [2.05, 4.69) is 10.3 Å². The van der Waals surface area contributed by atoms with Crippen LogP contribution in [0.2, 0.25) is 0 Å². The molecule has 1 aliphatic rings. The van der Waals surface area contributed by atoms with E-state index in [0.717, 1.165) is 11.1 Å². The van der Waals surface area contributed by atoms with Gasteiger partial charge in [-0.25, -0.2) is 13.8 Å². The Bertz CT molecular complexity index is 1090. The van der Waals surface area contributed by atoms with Crippen LogP contribution in [0.3, 0.4) is 0 Å². The van der Waals surface area contributed by atoms with Crippen LogP contribution < -0.4 is 21.7 Å². The number of fused-ring (bicyclic) bond motifs is 1. The maximum Gasteiger partial charge on any atom is 0.263 e. The van der Waals surface area contributed by atoms with Gasteiger partial charge in [0.15, 0.2) is 0 Å². The second-order valence-corrected chi connectivity index (χ2v) is 8.22. The highest BCUT2D eigenvalue weighted by Crippen LogP contribution is 2.32. The minimum atomic E-state index is -0.503. The van der Waals surface area contributed by atoms with Crippen molar-refractivity contribution >= 4 is 38.8 Å². The molecule has 1 fully saturated rings. The number of nitrogens with one attached hydrogen (secondary N) is 1. The molecule has 3 heterocycles. The van der Waals surface area contributed by atoms with Crippen molar-refractivity contribution in [3.63, 3.8) is 0 Å². The van der Waals surface area contributed by atoms with Gasteiger partial charge in [0.25, 0.3) is 5.91 Å². The van der Waals surface area contributed by atoms with Crippen molar-refractivity contribution in [2.75, 3.05) is 30.3 Å². The van der Waals surface area contributed by atoms with Crippen LogP contribution in [0, 0.1) is 18.6 Å². The number of halogens is 2.